The van der Waals surface area contributed by atoms with Crippen LogP contribution in [0.25, 0.3) is 0 Å². The van der Waals surface area contributed by atoms with Crippen LogP contribution in [0.3, 0.4) is 0 Å². The van der Waals surface area contributed by atoms with Crippen molar-refractivity contribution >= 4 is 82.8 Å². The lowest BCUT2D eigenvalue weighted by atomic mass is 9.57. The maximum absolute atomic E-state index is 14.4. The van der Waals surface area contributed by atoms with Gasteiger partial charge >= 0.3 is 14.2 Å². The monoisotopic (exact) mass is 762 g/mol. The summed E-state index contributed by atoms with van der Waals surface area (Å²) in [5.41, 5.74) is 1.94. The standard InChI is InChI=1S/C33H29B2IN2O10/c1-48-25-11-15(10-24(36)29(25)39)26-20-8-9-21-27(32(42)37(30(21)40)18-6-2-4-16(12-18)34(44)45)22(20)14-23-28(26)33(43)38(31(23)41)19-7-3-5-17(13-19)35(46)47/h2-8,10-13,21-23,26-28,39,44-47H,9,14H2,1H3. The van der Waals surface area contributed by atoms with Gasteiger partial charge in [-0.05, 0) is 94.2 Å². The molecule has 3 aromatic carbocycles. The van der Waals surface area contributed by atoms with Crippen LogP contribution in [-0.4, -0.2) is 70.2 Å². The Hall–Kier alpha value is -4.02. The second kappa shape index (κ2) is 12.1. The third-order valence-electron chi connectivity index (χ3n) is 10.1. The maximum Gasteiger partial charge on any atom is 0.488 e. The Balaban J connectivity index is 1.34. The smallest absolute Gasteiger partial charge is 0.488 e. The molecule has 2 heterocycles. The van der Waals surface area contributed by atoms with Crippen molar-refractivity contribution < 1.29 is 49.1 Å². The first kappa shape index (κ1) is 32.5. The molecule has 3 fully saturated rings. The van der Waals surface area contributed by atoms with Crippen molar-refractivity contribution in [3.63, 3.8) is 0 Å². The SMILES string of the molecule is COc1cc(C2C3=CCC4C(=O)N(c5cccc(B(O)O)c5)C(=O)C4C3CC3C(=O)N(c4cccc(B(O)O)c4)C(=O)C32)cc(I)c1O. The molecule has 6 unspecified atom stereocenters. The summed E-state index contributed by atoms with van der Waals surface area (Å²) in [6.45, 7) is 0. The molecule has 0 aromatic heterocycles. The van der Waals surface area contributed by atoms with Gasteiger partial charge in [0.1, 0.15) is 0 Å². The van der Waals surface area contributed by atoms with Crippen molar-refractivity contribution in [2.45, 2.75) is 18.8 Å². The highest BCUT2D eigenvalue weighted by Gasteiger charge is 2.62. The van der Waals surface area contributed by atoms with Crippen LogP contribution < -0.4 is 25.5 Å². The number of carbonyl (C=O) groups is 4. The second-order valence-corrected chi connectivity index (χ2v) is 13.7. The molecule has 2 aliphatic heterocycles. The predicted molar refractivity (Wildman–Crippen MR) is 182 cm³/mol. The summed E-state index contributed by atoms with van der Waals surface area (Å²) >= 11 is 1.96. The van der Waals surface area contributed by atoms with Crippen molar-refractivity contribution in [2.75, 3.05) is 16.9 Å². The number of nitrogens with zero attached hydrogens (tertiary/aromatic N) is 2. The molecule has 0 bridgehead atoms. The molecule has 6 atom stereocenters. The Morgan fingerprint density at radius 1 is 0.750 bits per heavy atom. The normalized spacial score (nSPS) is 26.2. The molecule has 4 amide bonds. The summed E-state index contributed by atoms with van der Waals surface area (Å²) in [6.07, 6.45) is 2.22. The number of methoxy groups -OCH3 is 1. The second-order valence-electron chi connectivity index (χ2n) is 12.5. The zero-order chi connectivity index (χ0) is 34.2. The molecule has 5 N–H and O–H groups in total. The number of carbonyl (C=O) groups excluding carboxylic acids is 4. The van der Waals surface area contributed by atoms with E-state index in [-0.39, 0.29) is 46.6 Å². The highest BCUT2D eigenvalue weighted by atomic mass is 127. The first-order valence-corrected chi connectivity index (χ1v) is 16.4. The zero-order valence-electron chi connectivity index (χ0n) is 25.4. The van der Waals surface area contributed by atoms with Crippen molar-refractivity contribution in [2.24, 2.45) is 29.6 Å². The Morgan fingerprint density at radius 3 is 1.88 bits per heavy atom. The van der Waals surface area contributed by atoms with E-state index in [1.165, 1.54) is 49.6 Å². The van der Waals surface area contributed by atoms with Crippen molar-refractivity contribution in [1.29, 1.82) is 0 Å². The number of ether oxygens (including phenoxy) is 1. The van der Waals surface area contributed by atoms with E-state index in [2.05, 4.69) is 0 Å². The number of hydrogen-bond acceptors (Lipinski definition) is 10. The minimum absolute atomic E-state index is 0.0827. The molecule has 48 heavy (non-hydrogen) atoms. The lowest BCUT2D eigenvalue weighted by Gasteiger charge is -2.44. The summed E-state index contributed by atoms with van der Waals surface area (Å²) < 4.78 is 5.90. The highest BCUT2D eigenvalue weighted by Crippen LogP contribution is 2.59. The first-order valence-electron chi connectivity index (χ1n) is 15.4. The van der Waals surface area contributed by atoms with Gasteiger partial charge in [0, 0.05) is 5.92 Å². The zero-order valence-corrected chi connectivity index (χ0v) is 27.6. The lowest BCUT2D eigenvalue weighted by molar-refractivity contribution is -0.126. The van der Waals surface area contributed by atoms with Crippen LogP contribution >= 0.6 is 22.6 Å². The van der Waals surface area contributed by atoms with E-state index in [1.807, 2.05) is 28.7 Å². The quantitative estimate of drug-likeness (QED) is 0.102. The molecule has 1 saturated carbocycles. The van der Waals surface area contributed by atoms with Gasteiger partial charge in [-0.3, -0.25) is 29.0 Å². The number of allylic oxidation sites excluding steroid dienone is 2. The molecule has 244 valence electrons. The number of phenols is 1. The number of anilines is 2. The van der Waals surface area contributed by atoms with E-state index < -0.39 is 73.4 Å². The van der Waals surface area contributed by atoms with Crippen LogP contribution in [0.15, 0.2) is 72.3 Å². The van der Waals surface area contributed by atoms with E-state index in [0.717, 1.165) is 15.4 Å². The van der Waals surface area contributed by atoms with E-state index in [1.54, 1.807) is 18.2 Å². The summed E-state index contributed by atoms with van der Waals surface area (Å²) in [5, 5.41) is 49.6. The van der Waals surface area contributed by atoms with Crippen molar-refractivity contribution in [3.05, 3.63) is 81.4 Å². The van der Waals surface area contributed by atoms with Crippen LogP contribution in [0.4, 0.5) is 11.4 Å². The number of benzene rings is 3. The fourth-order valence-corrected chi connectivity index (χ4v) is 8.68. The van der Waals surface area contributed by atoms with Gasteiger partial charge in [-0.1, -0.05) is 35.9 Å². The van der Waals surface area contributed by atoms with E-state index in [9.17, 15) is 44.4 Å². The highest BCUT2D eigenvalue weighted by molar-refractivity contribution is 14.1. The number of hydrogen-bond donors (Lipinski definition) is 5. The average molecular weight is 762 g/mol. The average Bonchev–Trinajstić information content (AvgIpc) is 3.48. The fraction of sp³-hybridized carbons (Fsp3) is 0.273. The number of amides is 4. The van der Waals surface area contributed by atoms with Gasteiger partial charge in [0.2, 0.25) is 23.6 Å². The van der Waals surface area contributed by atoms with Crippen LogP contribution in [0, 0.1) is 33.2 Å². The number of phenolic OH excluding ortho intramolecular Hbond substituents is 1. The third kappa shape index (κ3) is 4.98. The Bertz CT molecular complexity index is 1920. The molecule has 15 heteroatoms. The van der Waals surface area contributed by atoms with Crippen LogP contribution in [-0.2, 0) is 19.2 Å². The number of halogens is 1. The van der Waals surface area contributed by atoms with Gasteiger partial charge < -0.3 is 29.9 Å². The van der Waals surface area contributed by atoms with E-state index in [4.69, 9.17) is 4.74 Å². The van der Waals surface area contributed by atoms with Gasteiger partial charge in [0.15, 0.2) is 11.5 Å². The molecule has 2 saturated heterocycles. The summed E-state index contributed by atoms with van der Waals surface area (Å²) in [4.78, 5) is 58.8. The largest absolute Gasteiger partial charge is 0.504 e. The summed E-state index contributed by atoms with van der Waals surface area (Å²) in [5.74, 6) is -6.46. The molecule has 2 aliphatic carbocycles. The van der Waals surface area contributed by atoms with Crippen molar-refractivity contribution in [3.8, 4) is 11.5 Å². The van der Waals surface area contributed by atoms with Gasteiger partial charge in [-0.15, -0.1) is 0 Å². The molecule has 0 spiro atoms. The minimum atomic E-state index is -1.82. The van der Waals surface area contributed by atoms with Gasteiger partial charge in [-0.2, -0.15) is 0 Å². The molecule has 3 aromatic rings. The number of aromatic hydroxyl groups is 1. The van der Waals surface area contributed by atoms with Crippen LogP contribution in [0.1, 0.15) is 24.3 Å². The van der Waals surface area contributed by atoms with Gasteiger partial charge in [0.25, 0.3) is 0 Å². The van der Waals surface area contributed by atoms with Gasteiger partial charge in [0.05, 0.1) is 45.7 Å². The number of rotatable bonds is 6. The molecule has 0 radical (unpaired) electrons. The summed E-state index contributed by atoms with van der Waals surface area (Å²) in [6, 6.07) is 15.2. The lowest BCUT2D eigenvalue weighted by Crippen LogP contribution is -2.43. The van der Waals surface area contributed by atoms with E-state index >= 15 is 0 Å². The molecular weight excluding hydrogens is 733 g/mol. The number of fused-ring (bicyclic) bond motifs is 4. The maximum atomic E-state index is 14.4. The van der Waals surface area contributed by atoms with Crippen molar-refractivity contribution in [1.82, 2.24) is 0 Å². The Morgan fingerprint density at radius 2 is 1.31 bits per heavy atom. The molecule has 12 nitrogen and oxygen atoms in total. The van der Waals surface area contributed by atoms with Crippen LogP contribution in [0.5, 0.6) is 11.5 Å². The first-order chi connectivity index (χ1) is 22.9. The fourth-order valence-electron chi connectivity index (χ4n) is 8.05. The minimum Gasteiger partial charge on any atom is -0.504 e. The third-order valence-corrected chi connectivity index (χ3v) is 11.0. The number of imide groups is 2. The topological polar surface area (TPSA) is 185 Å². The molecule has 7 rings (SSSR count). The Kier molecular flexibility index (Phi) is 8.23. The summed E-state index contributed by atoms with van der Waals surface area (Å²) in [7, 11) is -2.22. The van der Waals surface area contributed by atoms with Gasteiger partial charge in [-0.25, -0.2) is 0 Å². The molecular formula is C33H29B2IN2O10. The van der Waals surface area contributed by atoms with Crippen LogP contribution in [0.2, 0.25) is 0 Å². The predicted octanol–water partition coefficient (Wildman–Crippen LogP) is 0.410. The molecule has 4 aliphatic rings. The Labute approximate surface area is 289 Å². The van der Waals surface area contributed by atoms with E-state index in [0.29, 0.717) is 9.13 Å².